The summed E-state index contributed by atoms with van der Waals surface area (Å²) in [4.78, 5) is 11.2. The van der Waals surface area contributed by atoms with E-state index in [2.05, 4.69) is 0 Å². The molecule has 0 saturated heterocycles. The highest BCUT2D eigenvalue weighted by Gasteiger charge is 2.26. The molecule has 0 saturated carbocycles. The highest BCUT2D eigenvalue weighted by atomic mass is 16.5. The molecule has 0 unspecified atom stereocenters. The van der Waals surface area contributed by atoms with E-state index < -0.39 is 11.3 Å². The third-order valence-electron chi connectivity index (χ3n) is 1.81. The van der Waals surface area contributed by atoms with Crippen molar-refractivity contribution in [1.29, 1.82) is 0 Å². The van der Waals surface area contributed by atoms with Crippen LogP contribution in [0, 0.1) is 5.41 Å². The summed E-state index contributed by atoms with van der Waals surface area (Å²) in [5, 5.41) is 8.46. The van der Waals surface area contributed by atoms with E-state index in [-0.39, 0.29) is 0 Å². The number of rotatable bonds is 1. The second kappa shape index (κ2) is 3.36. The van der Waals surface area contributed by atoms with Gasteiger partial charge in [0.1, 0.15) is 0 Å². The van der Waals surface area contributed by atoms with Crippen LogP contribution in [-0.2, 0) is 4.79 Å². The van der Waals surface area contributed by atoms with E-state index in [1.165, 1.54) is 0 Å². The van der Waals surface area contributed by atoms with Gasteiger partial charge in [0.2, 0.25) is 0 Å². The first-order chi connectivity index (χ1) is 5.69. The summed E-state index contributed by atoms with van der Waals surface area (Å²) in [6, 6.07) is 0. The SMILES string of the molecule is CC1(C(=O)NO)C=CC=CC=C1. The molecule has 0 atom stereocenters. The summed E-state index contributed by atoms with van der Waals surface area (Å²) in [5.74, 6) is -0.432. The Morgan fingerprint density at radius 3 is 2.17 bits per heavy atom. The summed E-state index contributed by atoms with van der Waals surface area (Å²) in [6.07, 6.45) is 10.6. The second-order valence-electron chi connectivity index (χ2n) is 2.83. The smallest absolute Gasteiger partial charge is 0.256 e. The van der Waals surface area contributed by atoms with Crippen LogP contribution in [0.15, 0.2) is 36.5 Å². The number of hydroxylamine groups is 1. The predicted octanol–water partition coefficient (Wildman–Crippen LogP) is 1.18. The van der Waals surface area contributed by atoms with Crippen molar-refractivity contribution in [3.63, 3.8) is 0 Å². The fourth-order valence-corrected chi connectivity index (χ4v) is 0.967. The fraction of sp³-hybridized carbons (Fsp3) is 0.222. The minimum Gasteiger partial charge on any atom is -0.289 e. The minimum atomic E-state index is -0.752. The maximum absolute atomic E-state index is 11.2. The van der Waals surface area contributed by atoms with Crippen molar-refractivity contribution in [2.24, 2.45) is 5.41 Å². The van der Waals surface area contributed by atoms with Crippen molar-refractivity contribution in [1.82, 2.24) is 5.48 Å². The lowest BCUT2D eigenvalue weighted by molar-refractivity contribution is -0.134. The van der Waals surface area contributed by atoms with Crippen molar-refractivity contribution in [3.05, 3.63) is 36.5 Å². The molecule has 1 amide bonds. The molecule has 3 heteroatoms. The molecule has 0 fully saturated rings. The van der Waals surface area contributed by atoms with Gasteiger partial charge < -0.3 is 0 Å². The first kappa shape index (κ1) is 8.74. The Morgan fingerprint density at radius 2 is 1.75 bits per heavy atom. The molecular formula is C9H11NO2. The molecule has 12 heavy (non-hydrogen) atoms. The lowest BCUT2D eigenvalue weighted by atomic mass is 9.89. The number of nitrogens with one attached hydrogen (secondary N) is 1. The van der Waals surface area contributed by atoms with Crippen molar-refractivity contribution in [2.45, 2.75) is 6.92 Å². The van der Waals surface area contributed by atoms with Gasteiger partial charge in [0.25, 0.3) is 5.91 Å². The molecule has 64 valence electrons. The quantitative estimate of drug-likeness (QED) is 0.452. The summed E-state index contributed by atoms with van der Waals surface area (Å²) in [6.45, 7) is 1.72. The Balaban J connectivity index is 2.91. The van der Waals surface area contributed by atoms with Crippen molar-refractivity contribution >= 4 is 5.91 Å². The van der Waals surface area contributed by atoms with E-state index in [1.807, 2.05) is 12.2 Å². The molecule has 3 nitrogen and oxygen atoms in total. The van der Waals surface area contributed by atoms with E-state index in [9.17, 15) is 4.79 Å². The van der Waals surface area contributed by atoms with Gasteiger partial charge in [-0.25, -0.2) is 5.48 Å². The Hall–Kier alpha value is -1.35. The molecule has 0 spiro atoms. The zero-order chi connectivity index (χ0) is 9.03. The largest absolute Gasteiger partial charge is 0.289 e. The molecule has 1 aliphatic carbocycles. The van der Waals surface area contributed by atoms with Crippen LogP contribution in [0.25, 0.3) is 0 Å². The first-order valence-electron chi connectivity index (χ1n) is 3.67. The van der Waals surface area contributed by atoms with E-state index in [4.69, 9.17) is 5.21 Å². The predicted molar refractivity (Wildman–Crippen MR) is 45.5 cm³/mol. The third-order valence-corrected chi connectivity index (χ3v) is 1.81. The Labute approximate surface area is 71.0 Å². The normalized spacial score (nSPS) is 18.8. The molecule has 1 aliphatic rings. The lowest BCUT2D eigenvalue weighted by Gasteiger charge is -2.17. The number of amides is 1. The summed E-state index contributed by atoms with van der Waals surface area (Å²) >= 11 is 0. The van der Waals surface area contributed by atoms with E-state index in [0.717, 1.165) is 0 Å². The number of hydrogen-bond acceptors (Lipinski definition) is 2. The van der Waals surface area contributed by atoms with E-state index in [0.29, 0.717) is 0 Å². The lowest BCUT2D eigenvalue weighted by Crippen LogP contribution is -2.34. The van der Waals surface area contributed by atoms with Gasteiger partial charge in [-0.05, 0) is 6.92 Å². The molecule has 0 aromatic rings. The summed E-state index contributed by atoms with van der Waals surface area (Å²) in [5.41, 5.74) is 0.882. The molecule has 0 heterocycles. The fourth-order valence-electron chi connectivity index (χ4n) is 0.967. The molecule has 0 radical (unpaired) electrons. The average Bonchev–Trinajstić information content (AvgIpc) is 2.29. The Kier molecular flexibility index (Phi) is 2.45. The maximum Gasteiger partial charge on any atom is 0.256 e. The second-order valence-corrected chi connectivity index (χ2v) is 2.83. The van der Waals surface area contributed by atoms with Gasteiger partial charge in [0, 0.05) is 0 Å². The molecule has 1 rings (SSSR count). The van der Waals surface area contributed by atoms with E-state index in [1.54, 1.807) is 36.7 Å². The van der Waals surface area contributed by atoms with Gasteiger partial charge in [-0.2, -0.15) is 0 Å². The van der Waals surface area contributed by atoms with Crippen molar-refractivity contribution in [3.8, 4) is 0 Å². The van der Waals surface area contributed by atoms with Crippen LogP contribution in [0.1, 0.15) is 6.92 Å². The molecule has 0 aliphatic heterocycles. The third kappa shape index (κ3) is 1.62. The van der Waals surface area contributed by atoms with Gasteiger partial charge in [-0.3, -0.25) is 10.0 Å². The number of carbonyl (C=O) groups is 1. The zero-order valence-corrected chi connectivity index (χ0v) is 6.82. The van der Waals surface area contributed by atoms with Crippen LogP contribution in [0.4, 0.5) is 0 Å². The molecule has 2 N–H and O–H groups in total. The Bertz CT molecular complexity index is 248. The van der Waals surface area contributed by atoms with Gasteiger partial charge in [-0.15, -0.1) is 0 Å². The molecule has 0 aromatic carbocycles. The Morgan fingerprint density at radius 1 is 1.25 bits per heavy atom. The number of allylic oxidation sites excluding steroid dienone is 4. The first-order valence-corrected chi connectivity index (χ1v) is 3.67. The number of carbonyl (C=O) groups excluding carboxylic acids is 1. The van der Waals surface area contributed by atoms with Crippen LogP contribution < -0.4 is 5.48 Å². The average molecular weight is 165 g/mol. The van der Waals surface area contributed by atoms with Gasteiger partial charge in [0.05, 0.1) is 5.41 Å². The van der Waals surface area contributed by atoms with Crippen LogP contribution in [-0.4, -0.2) is 11.1 Å². The summed E-state index contributed by atoms with van der Waals surface area (Å²) < 4.78 is 0. The monoisotopic (exact) mass is 165 g/mol. The molecule has 0 aromatic heterocycles. The zero-order valence-electron chi connectivity index (χ0n) is 6.82. The van der Waals surface area contributed by atoms with Gasteiger partial charge in [0.15, 0.2) is 0 Å². The molecule has 0 bridgehead atoms. The highest BCUT2D eigenvalue weighted by molar-refractivity contribution is 5.85. The van der Waals surface area contributed by atoms with E-state index >= 15 is 0 Å². The van der Waals surface area contributed by atoms with Crippen LogP contribution in [0.3, 0.4) is 0 Å². The topological polar surface area (TPSA) is 49.3 Å². The maximum atomic E-state index is 11.2. The minimum absolute atomic E-state index is 0.432. The highest BCUT2D eigenvalue weighted by Crippen LogP contribution is 2.22. The van der Waals surface area contributed by atoms with Gasteiger partial charge in [-0.1, -0.05) is 36.5 Å². The van der Waals surface area contributed by atoms with Crippen LogP contribution in [0.2, 0.25) is 0 Å². The molecular weight excluding hydrogens is 154 g/mol. The van der Waals surface area contributed by atoms with Crippen molar-refractivity contribution < 1.29 is 10.0 Å². The van der Waals surface area contributed by atoms with Crippen LogP contribution in [0.5, 0.6) is 0 Å². The summed E-state index contributed by atoms with van der Waals surface area (Å²) in [7, 11) is 0. The number of hydrogen-bond donors (Lipinski definition) is 2. The van der Waals surface area contributed by atoms with Gasteiger partial charge >= 0.3 is 0 Å². The van der Waals surface area contributed by atoms with Crippen molar-refractivity contribution in [2.75, 3.05) is 0 Å². The van der Waals surface area contributed by atoms with Crippen LogP contribution >= 0.6 is 0 Å². The standard InChI is InChI=1S/C9H11NO2/c1-9(8(11)10-12)6-4-2-3-5-7-9/h2-7,12H,1H3,(H,10,11).